The van der Waals surface area contributed by atoms with E-state index in [4.69, 9.17) is 9.84 Å². The van der Waals surface area contributed by atoms with E-state index in [1.54, 1.807) is 19.2 Å². The zero-order valence-electron chi connectivity index (χ0n) is 10.9. The summed E-state index contributed by atoms with van der Waals surface area (Å²) < 4.78 is 5.17. The molecule has 0 amide bonds. The highest BCUT2D eigenvalue weighted by atomic mass is 16.5. The molecule has 2 aromatic rings. The van der Waals surface area contributed by atoms with E-state index in [2.05, 4.69) is 4.98 Å². The maximum atomic E-state index is 11.1. The summed E-state index contributed by atoms with van der Waals surface area (Å²) in [5, 5.41) is 9.08. The summed E-state index contributed by atoms with van der Waals surface area (Å²) >= 11 is 0. The number of carboxylic acid groups (broad SMARTS) is 1. The van der Waals surface area contributed by atoms with Gasteiger partial charge < -0.3 is 9.84 Å². The summed E-state index contributed by atoms with van der Waals surface area (Å²) in [6, 6.07) is 10.9. The maximum absolute atomic E-state index is 11.1. The van der Waals surface area contributed by atoms with Gasteiger partial charge in [0.05, 0.1) is 24.1 Å². The zero-order chi connectivity index (χ0) is 13.8. The van der Waals surface area contributed by atoms with Crippen LogP contribution in [0.2, 0.25) is 0 Å². The first-order valence-corrected chi connectivity index (χ1v) is 6.03. The molecular weight excluding hydrogens is 242 g/mol. The molecule has 1 N–H and O–H groups in total. The first kappa shape index (κ1) is 13.1. The number of methoxy groups -OCH3 is 1. The molecule has 2 rings (SSSR count). The van der Waals surface area contributed by atoms with Crippen molar-refractivity contribution in [3.63, 3.8) is 0 Å². The number of rotatable bonds is 4. The number of carbonyl (C=O) groups is 1. The summed E-state index contributed by atoms with van der Waals surface area (Å²) in [4.78, 5) is 15.5. The van der Waals surface area contributed by atoms with Crippen LogP contribution in [0.25, 0.3) is 11.3 Å². The first-order valence-electron chi connectivity index (χ1n) is 6.03. The minimum Gasteiger partial charge on any atom is -0.497 e. The zero-order valence-corrected chi connectivity index (χ0v) is 10.9. The number of aryl methyl sites for hydroxylation is 1. The Labute approximate surface area is 111 Å². The molecule has 0 unspecified atom stereocenters. The van der Waals surface area contributed by atoms with Crippen molar-refractivity contribution in [1.82, 2.24) is 4.98 Å². The van der Waals surface area contributed by atoms with Crippen molar-refractivity contribution in [2.45, 2.75) is 13.3 Å². The largest absolute Gasteiger partial charge is 0.497 e. The normalized spacial score (nSPS) is 10.2. The lowest BCUT2D eigenvalue weighted by atomic mass is 10.1. The Morgan fingerprint density at radius 3 is 2.74 bits per heavy atom. The fraction of sp³-hybridized carbons (Fsp3) is 0.200. The van der Waals surface area contributed by atoms with Crippen LogP contribution in [0.15, 0.2) is 36.4 Å². The number of hydrogen-bond acceptors (Lipinski definition) is 3. The van der Waals surface area contributed by atoms with E-state index >= 15 is 0 Å². The minimum atomic E-state index is -0.943. The molecule has 1 heterocycles. The molecule has 19 heavy (non-hydrogen) atoms. The van der Waals surface area contributed by atoms with Crippen LogP contribution in [0.3, 0.4) is 0 Å². The maximum Gasteiger partial charge on any atom is 0.337 e. The van der Waals surface area contributed by atoms with Crippen molar-refractivity contribution in [1.29, 1.82) is 0 Å². The highest BCUT2D eigenvalue weighted by Gasteiger charge is 2.11. The Hall–Kier alpha value is -2.36. The third-order valence-corrected chi connectivity index (χ3v) is 2.90. The van der Waals surface area contributed by atoms with Gasteiger partial charge in [0.25, 0.3) is 0 Å². The van der Waals surface area contributed by atoms with Crippen LogP contribution in [0, 0.1) is 0 Å². The van der Waals surface area contributed by atoms with Gasteiger partial charge in [0.2, 0.25) is 0 Å². The van der Waals surface area contributed by atoms with Crippen LogP contribution in [0.1, 0.15) is 23.0 Å². The lowest BCUT2D eigenvalue weighted by Gasteiger charge is -2.08. The molecule has 1 aromatic carbocycles. The predicted molar refractivity (Wildman–Crippen MR) is 72.6 cm³/mol. The van der Waals surface area contributed by atoms with Gasteiger partial charge in [-0.3, -0.25) is 4.98 Å². The van der Waals surface area contributed by atoms with Gasteiger partial charge in [-0.2, -0.15) is 0 Å². The van der Waals surface area contributed by atoms with Crippen molar-refractivity contribution >= 4 is 5.97 Å². The fourth-order valence-corrected chi connectivity index (χ4v) is 1.91. The summed E-state index contributed by atoms with van der Waals surface area (Å²) in [7, 11) is 1.61. The fourth-order valence-electron chi connectivity index (χ4n) is 1.91. The van der Waals surface area contributed by atoms with Gasteiger partial charge in [0.1, 0.15) is 5.75 Å². The molecule has 98 valence electrons. The molecule has 0 atom stereocenters. The second kappa shape index (κ2) is 5.52. The number of hydrogen-bond donors (Lipinski definition) is 1. The van der Waals surface area contributed by atoms with Gasteiger partial charge in [-0.05, 0) is 30.7 Å². The van der Waals surface area contributed by atoms with Crippen molar-refractivity contribution in [3.8, 4) is 17.0 Å². The molecular formula is C15H15NO3. The standard InChI is InChI=1S/C15H15NO3/c1-3-13-12(15(17)18)7-8-14(16-13)10-5-4-6-11(9-10)19-2/h4-9H,3H2,1-2H3,(H,17,18). The third kappa shape index (κ3) is 2.73. The van der Waals surface area contributed by atoms with E-state index in [1.165, 1.54) is 0 Å². The molecule has 4 heteroatoms. The molecule has 0 bridgehead atoms. The number of pyridine rings is 1. The van der Waals surface area contributed by atoms with Crippen LogP contribution in [-0.2, 0) is 6.42 Å². The molecule has 0 saturated carbocycles. The number of ether oxygens (including phenoxy) is 1. The number of aromatic nitrogens is 1. The van der Waals surface area contributed by atoms with Gasteiger partial charge in [-0.15, -0.1) is 0 Å². The van der Waals surface area contributed by atoms with Crippen molar-refractivity contribution in [2.24, 2.45) is 0 Å². The number of nitrogens with zero attached hydrogens (tertiary/aromatic N) is 1. The molecule has 1 aromatic heterocycles. The van der Waals surface area contributed by atoms with Gasteiger partial charge in [0.15, 0.2) is 0 Å². The Balaban J connectivity index is 2.48. The topological polar surface area (TPSA) is 59.4 Å². The average molecular weight is 257 g/mol. The molecule has 4 nitrogen and oxygen atoms in total. The van der Waals surface area contributed by atoms with E-state index in [0.717, 1.165) is 17.0 Å². The van der Waals surface area contributed by atoms with E-state index in [9.17, 15) is 4.79 Å². The second-order valence-corrected chi connectivity index (χ2v) is 4.08. The smallest absolute Gasteiger partial charge is 0.337 e. The minimum absolute atomic E-state index is 0.258. The van der Waals surface area contributed by atoms with Gasteiger partial charge in [0, 0.05) is 5.56 Å². The summed E-state index contributed by atoms with van der Waals surface area (Å²) in [6.45, 7) is 1.89. The average Bonchev–Trinajstić information content (AvgIpc) is 2.46. The molecule has 0 spiro atoms. The van der Waals surface area contributed by atoms with Crippen LogP contribution in [-0.4, -0.2) is 23.2 Å². The van der Waals surface area contributed by atoms with Gasteiger partial charge in [-0.1, -0.05) is 19.1 Å². The van der Waals surface area contributed by atoms with Crippen molar-refractivity contribution in [3.05, 3.63) is 47.7 Å². The Kier molecular flexibility index (Phi) is 3.80. The van der Waals surface area contributed by atoms with E-state index in [1.807, 2.05) is 31.2 Å². The van der Waals surface area contributed by atoms with Crippen LogP contribution in [0.5, 0.6) is 5.75 Å². The van der Waals surface area contributed by atoms with E-state index < -0.39 is 5.97 Å². The van der Waals surface area contributed by atoms with Crippen LogP contribution in [0.4, 0.5) is 0 Å². The van der Waals surface area contributed by atoms with E-state index in [-0.39, 0.29) is 5.56 Å². The SMILES string of the molecule is CCc1nc(-c2cccc(OC)c2)ccc1C(=O)O. The van der Waals surface area contributed by atoms with Crippen molar-refractivity contribution < 1.29 is 14.6 Å². The monoisotopic (exact) mass is 257 g/mol. The number of carboxylic acids is 1. The Morgan fingerprint density at radius 2 is 2.11 bits per heavy atom. The summed E-state index contributed by atoms with van der Waals surface area (Å²) in [5.41, 5.74) is 2.51. The van der Waals surface area contributed by atoms with Crippen LogP contribution >= 0.6 is 0 Å². The molecule has 0 saturated heterocycles. The number of benzene rings is 1. The molecule has 0 radical (unpaired) electrons. The van der Waals surface area contributed by atoms with Crippen molar-refractivity contribution in [2.75, 3.05) is 7.11 Å². The summed E-state index contributed by atoms with van der Waals surface area (Å²) in [5.74, 6) is -0.193. The molecule has 0 fully saturated rings. The molecule has 0 aliphatic carbocycles. The molecule has 0 aliphatic rings. The highest BCUT2D eigenvalue weighted by Crippen LogP contribution is 2.23. The lowest BCUT2D eigenvalue weighted by molar-refractivity contribution is 0.0695. The Morgan fingerprint density at radius 1 is 1.32 bits per heavy atom. The lowest BCUT2D eigenvalue weighted by Crippen LogP contribution is -2.04. The quantitative estimate of drug-likeness (QED) is 0.914. The summed E-state index contributed by atoms with van der Waals surface area (Å²) in [6.07, 6.45) is 0.583. The van der Waals surface area contributed by atoms with E-state index in [0.29, 0.717) is 12.1 Å². The molecule has 0 aliphatic heterocycles. The second-order valence-electron chi connectivity index (χ2n) is 4.08. The first-order chi connectivity index (χ1) is 9.15. The van der Waals surface area contributed by atoms with Gasteiger partial charge in [-0.25, -0.2) is 4.79 Å². The Bertz CT molecular complexity index is 608. The van der Waals surface area contributed by atoms with Gasteiger partial charge >= 0.3 is 5.97 Å². The predicted octanol–water partition coefficient (Wildman–Crippen LogP) is 3.02. The number of aromatic carboxylic acids is 1. The third-order valence-electron chi connectivity index (χ3n) is 2.90. The van der Waals surface area contributed by atoms with Crippen LogP contribution < -0.4 is 4.74 Å². The highest BCUT2D eigenvalue weighted by molar-refractivity contribution is 5.89.